The molecule has 1 amide bonds. The third kappa shape index (κ3) is 4.13. The Morgan fingerprint density at radius 3 is 2.53 bits per heavy atom. The SMILES string of the molecule is CCN(CC)C(=O)COC(=O)c1cc(Cl)ccc1N. The molecule has 0 aliphatic carbocycles. The largest absolute Gasteiger partial charge is 0.452 e. The molecule has 2 N–H and O–H groups in total. The zero-order valence-corrected chi connectivity index (χ0v) is 11.7. The molecule has 0 aromatic heterocycles. The first kappa shape index (κ1) is 15.3. The number of rotatable bonds is 5. The summed E-state index contributed by atoms with van der Waals surface area (Å²) in [5.74, 6) is -0.889. The number of nitrogen functional groups attached to an aromatic ring is 1. The number of esters is 1. The Balaban J connectivity index is 2.65. The van der Waals surface area contributed by atoms with E-state index in [2.05, 4.69) is 0 Å². The predicted molar refractivity (Wildman–Crippen MR) is 74.1 cm³/mol. The van der Waals surface area contributed by atoms with Gasteiger partial charge < -0.3 is 15.4 Å². The minimum absolute atomic E-state index is 0.167. The molecule has 0 aliphatic heterocycles. The summed E-state index contributed by atoms with van der Waals surface area (Å²) in [6.45, 7) is 4.57. The van der Waals surface area contributed by atoms with Gasteiger partial charge in [-0.2, -0.15) is 0 Å². The van der Waals surface area contributed by atoms with Gasteiger partial charge in [-0.05, 0) is 32.0 Å². The Labute approximate surface area is 117 Å². The molecule has 0 aliphatic rings. The summed E-state index contributed by atoms with van der Waals surface area (Å²) in [6.07, 6.45) is 0. The maximum Gasteiger partial charge on any atom is 0.340 e. The molecule has 0 bridgehead atoms. The van der Waals surface area contributed by atoms with Gasteiger partial charge in [0, 0.05) is 23.8 Å². The van der Waals surface area contributed by atoms with Crippen LogP contribution in [0.15, 0.2) is 18.2 Å². The molecule has 0 fully saturated rings. The van der Waals surface area contributed by atoms with Crippen LogP contribution in [0.25, 0.3) is 0 Å². The van der Waals surface area contributed by atoms with Crippen LogP contribution in [0.3, 0.4) is 0 Å². The van der Waals surface area contributed by atoms with E-state index in [0.717, 1.165) is 0 Å². The van der Waals surface area contributed by atoms with E-state index in [-0.39, 0.29) is 23.8 Å². The highest BCUT2D eigenvalue weighted by Crippen LogP contribution is 2.18. The van der Waals surface area contributed by atoms with Crippen molar-refractivity contribution in [1.29, 1.82) is 0 Å². The molecular weight excluding hydrogens is 268 g/mol. The number of ether oxygens (including phenoxy) is 1. The fourth-order valence-electron chi connectivity index (χ4n) is 1.58. The lowest BCUT2D eigenvalue weighted by atomic mass is 10.2. The summed E-state index contributed by atoms with van der Waals surface area (Å²) in [6, 6.07) is 4.51. The Morgan fingerprint density at radius 1 is 1.32 bits per heavy atom. The van der Waals surface area contributed by atoms with E-state index in [4.69, 9.17) is 22.1 Å². The topological polar surface area (TPSA) is 72.6 Å². The van der Waals surface area contributed by atoms with Gasteiger partial charge in [-0.3, -0.25) is 4.79 Å². The van der Waals surface area contributed by atoms with Gasteiger partial charge in [0.25, 0.3) is 5.91 Å². The number of benzene rings is 1. The molecule has 6 heteroatoms. The molecule has 0 atom stereocenters. The fraction of sp³-hybridized carbons (Fsp3) is 0.385. The summed E-state index contributed by atoms with van der Waals surface area (Å²) >= 11 is 5.78. The molecule has 0 spiro atoms. The molecule has 1 rings (SSSR count). The average molecular weight is 285 g/mol. The number of likely N-dealkylation sites (N-methyl/N-ethyl adjacent to an activating group) is 1. The van der Waals surface area contributed by atoms with Crippen molar-refractivity contribution in [1.82, 2.24) is 4.90 Å². The van der Waals surface area contributed by atoms with E-state index in [0.29, 0.717) is 18.1 Å². The first-order chi connectivity index (χ1) is 8.99. The van der Waals surface area contributed by atoms with Crippen molar-refractivity contribution < 1.29 is 14.3 Å². The lowest BCUT2D eigenvalue weighted by molar-refractivity contribution is -0.134. The molecule has 1 aromatic carbocycles. The maximum atomic E-state index is 11.8. The molecule has 104 valence electrons. The smallest absolute Gasteiger partial charge is 0.340 e. The Bertz CT molecular complexity index is 473. The van der Waals surface area contributed by atoms with E-state index in [1.165, 1.54) is 12.1 Å². The summed E-state index contributed by atoms with van der Waals surface area (Å²) < 4.78 is 4.94. The van der Waals surface area contributed by atoms with Gasteiger partial charge in [0.1, 0.15) is 0 Å². The van der Waals surface area contributed by atoms with E-state index >= 15 is 0 Å². The van der Waals surface area contributed by atoms with Crippen molar-refractivity contribution >= 4 is 29.2 Å². The van der Waals surface area contributed by atoms with Crippen LogP contribution in [0.4, 0.5) is 5.69 Å². The van der Waals surface area contributed by atoms with Crippen LogP contribution in [0.5, 0.6) is 0 Å². The quantitative estimate of drug-likeness (QED) is 0.662. The summed E-state index contributed by atoms with van der Waals surface area (Å²) in [5, 5.41) is 0.385. The van der Waals surface area contributed by atoms with Crippen LogP contribution >= 0.6 is 11.6 Å². The van der Waals surface area contributed by atoms with Gasteiger partial charge in [0.2, 0.25) is 0 Å². The number of hydrogen-bond donors (Lipinski definition) is 1. The van der Waals surface area contributed by atoms with Crippen molar-refractivity contribution in [3.63, 3.8) is 0 Å². The first-order valence-electron chi connectivity index (χ1n) is 5.99. The first-order valence-corrected chi connectivity index (χ1v) is 6.37. The number of halogens is 1. The van der Waals surface area contributed by atoms with Gasteiger partial charge in [0.05, 0.1) is 5.56 Å². The van der Waals surface area contributed by atoms with Crippen LogP contribution < -0.4 is 5.73 Å². The number of nitrogens with zero attached hydrogens (tertiary/aromatic N) is 1. The van der Waals surface area contributed by atoms with Gasteiger partial charge >= 0.3 is 5.97 Å². The Morgan fingerprint density at radius 2 is 1.95 bits per heavy atom. The number of amides is 1. The van der Waals surface area contributed by atoms with E-state index in [1.807, 2.05) is 13.8 Å². The predicted octanol–water partition coefficient (Wildman–Crippen LogP) is 1.95. The molecule has 0 saturated heterocycles. The highest BCUT2D eigenvalue weighted by Gasteiger charge is 2.16. The van der Waals surface area contributed by atoms with Crippen LogP contribution in [-0.2, 0) is 9.53 Å². The Kier molecular flexibility index (Phi) is 5.63. The van der Waals surface area contributed by atoms with Crippen LogP contribution in [0.1, 0.15) is 24.2 Å². The summed E-state index contributed by atoms with van der Waals surface area (Å²) in [4.78, 5) is 25.1. The highest BCUT2D eigenvalue weighted by molar-refractivity contribution is 6.31. The van der Waals surface area contributed by atoms with Crippen molar-refractivity contribution in [2.75, 3.05) is 25.4 Å². The second kappa shape index (κ2) is 6.99. The monoisotopic (exact) mass is 284 g/mol. The standard InChI is InChI=1S/C13H17ClN2O3/c1-3-16(4-2)12(17)8-19-13(18)10-7-9(14)5-6-11(10)15/h5-7H,3-4,8,15H2,1-2H3. The van der Waals surface area contributed by atoms with E-state index in [9.17, 15) is 9.59 Å². The van der Waals surface area contributed by atoms with Crippen LogP contribution in [0.2, 0.25) is 5.02 Å². The minimum atomic E-state index is -0.652. The van der Waals surface area contributed by atoms with Crippen molar-refractivity contribution in [2.24, 2.45) is 0 Å². The van der Waals surface area contributed by atoms with Gasteiger partial charge in [-0.1, -0.05) is 11.6 Å². The molecule has 0 unspecified atom stereocenters. The molecule has 0 heterocycles. The van der Waals surface area contributed by atoms with Gasteiger partial charge in [0.15, 0.2) is 6.61 Å². The van der Waals surface area contributed by atoms with Crippen molar-refractivity contribution in [3.8, 4) is 0 Å². The summed E-state index contributed by atoms with van der Waals surface area (Å²) in [7, 11) is 0. The molecule has 19 heavy (non-hydrogen) atoms. The highest BCUT2D eigenvalue weighted by atomic mass is 35.5. The number of nitrogens with two attached hydrogens (primary N) is 1. The number of carbonyl (C=O) groups excluding carboxylic acids is 2. The molecule has 0 saturated carbocycles. The lowest BCUT2D eigenvalue weighted by Crippen LogP contribution is -2.34. The van der Waals surface area contributed by atoms with E-state index in [1.54, 1.807) is 11.0 Å². The zero-order valence-electron chi connectivity index (χ0n) is 11.0. The fourth-order valence-corrected chi connectivity index (χ4v) is 1.75. The molecular formula is C13H17ClN2O3. The summed E-state index contributed by atoms with van der Waals surface area (Å²) in [5.41, 5.74) is 6.09. The minimum Gasteiger partial charge on any atom is -0.452 e. The second-order valence-corrected chi connectivity index (χ2v) is 4.31. The lowest BCUT2D eigenvalue weighted by Gasteiger charge is -2.18. The van der Waals surface area contributed by atoms with Crippen molar-refractivity contribution in [3.05, 3.63) is 28.8 Å². The molecule has 5 nitrogen and oxygen atoms in total. The van der Waals surface area contributed by atoms with Crippen molar-refractivity contribution in [2.45, 2.75) is 13.8 Å². The second-order valence-electron chi connectivity index (χ2n) is 3.87. The number of hydrogen-bond acceptors (Lipinski definition) is 4. The van der Waals surface area contributed by atoms with Gasteiger partial charge in [-0.15, -0.1) is 0 Å². The number of anilines is 1. The third-order valence-electron chi connectivity index (χ3n) is 2.68. The van der Waals surface area contributed by atoms with Crippen LogP contribution in [0, 0.1) is 0 Å². The average Bonchev–Trinajstić information content (AvgIpc) is 2.40. The molecule has 0 radical (unpaired) electrons. The Hall–Kier alpha value is -1.75. The maximum absolute atomic E-state index is 11.8. The number of carbonyl (C=O) groups is 2. The van der Waals surface area contributed by atoms with Gasteiger partial charge in [-0.25, -0.2) is 4.79 Å². The normalized spacial score (nSPS) is 10.1. The zero-order chi connectivity index (χ0) is 14.4. The third-order valence-corrected chi connectivity index (χ3v) is 2.91. The van der Waals surface area contributed by atoms with E-state index < -0.39 is 5.97 Å². The van der Waals surface area contributed by atoms with Crippen LogP contribution in [-0.4, -0.2) is 36.5 Å². The molecule has 1 aromatic rings.